The van der Waals surface area contributed by atoms with Gasteiger partial charge in [-0.3, -0.25) is 4.79 Å². The van der Waals surface area contributed by atoms with Crippen molar-refractivity contribution in [3.05, 3.63) is 35.9 Å². The quantitative estimate of drug-likeness (QED) is 0.0538. The van der Waals surface area contributed by atoms with Crippen LogP contribution in [0.3, 0.4) is 0 Å². The molecule has 1 rings (SSSR count). The van der Waals surface area contributed by atoms with Crippen LogP contribution < -0.4 is 10.2 Å². The van der Waals surface area contributed by atoms with Gasteiger partial charge in [0.15, 0.2) is 0 Å². The number of carbonyl (C=O) groups is 1. The number of hydrogen-bond donors (Lipinski definition) is 1. The van der Waals surface area contributed by atoms with E-state index >= 15 is 0 Å². The molecular formula is C49H91N3O. The van der Waals surface area contributed by atoms with Gasteiger partial charge in [-0.25, -0.2) is 0 Å². The van der Waals surface area contributed by atoms with Crippen molar-refractivity contribution in [1.82, 2.24) is 10.2 Å². The highest BCUT2D eigenvalue weighted by atomic mass is 16.1. The van der Waals surface area contributed by atoms with Gasteiger partial charge < -0.3 is 15.1 Å². The number of rotatable bonds is 40. The number of unbranched alkanes of at least 4 members (excludes halogenated alkanes) is 29. The normalized spacial score (nSPS) is 11.6. The lowest BCUT2D eigenvalue weighted by Crippen LogP contribution is -2.27. The first-order valence-electron chi connectivity index (χ1n) is 23.5. The van der Waals surface area contributed by atoms with E-state index in [1.807, 2.05) is 20.2 Å². The SMILES string of the molecule is CCCCCCCCCCCCCCCCN(CCCCCCCCCCCCCCCC)CCCCCCNC(=O)/C=C/c1ccc(N(C)C)cc1. The first-order chi connectivity index (χ1) is 26.1. The number of nitrogens with zero attached hydrogens (tertiary/aromatic N) is 2. The molecule has 0 saturated heterocycles. The molecule has 0 aliphatic heterocycles. The third-order valence-electron chi connectivity index (χ3n) is 11.2. The summed E-state index contributed by atoms with van der Waals surface area (Å²) in [6, 6.07) is 8.28. The molecule has 308 valence electrons. The molecule has 0 unspecified atom stereocenters. The molecule has 0 radical (unpaired) electrons. The van der Waals surface area contributed by atoms with Gasteiger partial charge in [0.05, 0.1) is 0 Å². The monoisotopic (exact) mass is 738 g/mol. The molecule has 0 aliphatic rings. The predicted octanol–water partition coefficient (Wildman–Crippen LogP) is 14.7. The van der Waals surface area contributed by atoms with E-state index in [1.165, 1.54) is 224 Å². The van der Waals surface area contributed by atoms with E-state index in [0.717, 1.165) is 18.5 Å². The fraction of sp³-hybridized carbons (Fsp3) is 0.816. The highest BCUT2D eigenvalue weighted by Gasteiger charge is 2.06. The van der Waals surface area contributed by atoms with E-state index in [0.29, 0.717) is 0 Å². The molecule has 0 bridgehead atoms. The zero-order valence-corrected chi connectivity index (χ0v) is 36.2. The minimum atomic E-state index is 0.00851. The number of amides is 1. The highest BCUT2D eigenvalue weighted by molar-refractivity contribution is 5.91. The molecule has 1 amide bonds. The van der Waals surface area contributed by atoms with Gasteiger partial charge in [-0.15, -0.1) is 0 Å². The Kier molecular flexibility index (Phi) is 35.7. The van der Waals surface area contributed by atoms with Crippen molar-refractivity contribution in [3.8, 4) is 0 Å². The molecule has 0 atom stereocenters. The molecule has 0 saturated carbocycles. The van der Waals surface area contributed by atoms with Gasteiger partial charge in [0, 0.05) is 32.4 Å². The van der Waals surface area contributed by atoms with Crippen LogP contribution in [0.4, 0.5) is 5.69 Å². The Labute approximate surface area is 332 Å². The van der Waals surface area contributed by atoms with E-state index in [4.69, 9.17) is 0 Å². The van der Waals surface area contributed by atoms with Gasteiger partial charge in [-0.05, 0) is 69.1 Å². The van der Waals surface area contributed by atoms with Crippen LogP contribution in [-0.4, -0.2) is 51.1 Å². The van der Waals surface area contributed by atoms with Crippen molar-refractivity contribution in [3.63, 3.8) is 0 Å². The molecule has 0 fully saturated rings. The average molecular weight is 738 g/mol. The maximum absolute atomic E-state index is 12.3. The first kappa shape index (κ1) is 49.2. The third kappa shape index (κ3) is 33.3. The minimum Gasteiger partial charge on any atom is -0.378 e. The van der Waals surface area contributed by atoms with Crippen molar-refractivity contribution in [2.45, 2.75) is 219 Å². The van der Waals surface area contributed by atoms with Crippen LogP contribution in [0.2, 0.25) is 0 Å². The van der Waals surface area contributed by atoms with Gasteiger partial charge in [0.2, 0.25) is 5.91 Å². The summed E-state index contributed by atoms with van der Waals surface area (Å²) in [6.45, 7) is 9.21. The molecule has 0 spiro atoms. The Balaban J connectivity index is 2.19. The molecule has 1 aromatic carbocycles. The van der Waals surface area contributed by atoms with Gasteiger partial charge in [0.1, 0.15) is 0 Å². The van der Waals surface area contributed by atoms with E-state index in [9.17, 15) is 4.79 Å². The molecule has 4 nitrogen and oxygen atoms in total. The number of hydrogen-bond acceptors (Lipinski definition) is 3. The summed E-state index contributed by atoms with van der Waals surface area (Å²) in [5, 5.41) is 3.08. The van der Waals surface area contributed by atoms with Crippen LogP contribution >= 0.6 is 0 Å². The van der Waals surface area contributed by atoms with Crippen LogP contribution in [-0.2, 0) is 4.79 Å². The van der Waals surface area contributed by atoms with Crippen molar-refractivity contribution >= 4 is 17.7 Å². The minimum absolute atomic E-state index is 0.00851. The lowest BCUT2D eigenvalue weighted by molar-refractivity contribution is -0.116. The Hall–Kier alpha value is -1.81. The summed E-state index contributed by atoms with van der Waals surface area (Å²) in [7, 11) is 4.08. The van der Waals surface area contributed by atoms with Crippen LogP contribution in [0.1, 0.15) is 225 Å². The summed E-state index contributed by atoms with van der Waals surface area (Å²) in [5.41, 5.74) is 2.22. The summed E-state index contributed by atoms with van der Waals surface area (Å²) in [4.78, 5) is 17.2. The summed E-state index contributed by atoms with van der Waals surface area (Å²) >= 11 is 0. The Bertz CT molecular complexity index is 894. The maximum Gasteiger partial charge on any atom is 0.243 e. The second kappa shape index (κ2) is 38.5. The van der Waals surface area contributed by atoms with Crippen LogP contribution in [0.5, 0.6) is 0 Å². The zero-order valence-electron chi connectivity index (χ0n) is 36.2. The standard InChI is InChI=1S/C49H91N3O/c1-5-7-9-11-13-15-17-19-21-23-25-27-30-34-44-52(45-35-31-28-26-24-22-20-18-16-14-12-10-8-6-2)46-36-32-29-33-43-50-49(53)42-39-47-37-40-48(41-38-47)51(3)4/h37-42H,5-36,43-46H2,1-4H3,(H,50,53)/b42-39+. The largest absolute Gasteiger partial charge is 0.378 e. The van der Waals surface area contributed by atoms with E-state index < -0.39 is 0 Å². The molecule has 4 heteroatoms. The van der Waals surface area contributed by atoms with Crippen LogP contribution in [0, 0.1) is 0 Å². The lowest BCUT2D eigenvalue weighted by Gasteiger charge is -2.22. The average Bonchev–Trinajstić information content (AvgIpc) is 3.16. The molecule has 0 aromatic heterocycles. The molecule has 53 heavy (non-hydrogen) atoms. The van der Waals surface area contributed by atoms with E-state index in [-0.39, 0.29) is 5.91 Å². The molecular weight excluding hydrogens is 647 g/mol. The molecule has 0 aliphatic carbocycles. The fourth-order valence-corrected chi connectivity index (χ4v) is 7.54. The number of nitrogens with one attached hydrogen (secondary N) is 1. The molecule has 1 N–H and O–H groups in total. The van der Waals surface area contributed by atoms with Crippen LogP contribution in [0.15, 0.2) is 30.3 Å². The maximum atomic E-state index is 12.3. The topological polar surface area (TPSA) is 35.6 Å². The number of anilines is 1. The van der Waals surface area contributed by atoms with Crippen molar-refractivity contribution in [2.24, 2.45) is 0 Å². The van der Waals surface area contributed by atoms with E-state index in [2.05, 4.69) is 53.2 Å². The second-order valence-corrected chi connectivity index (χ2v) is 16.6. The Morgan fingerprint density at radius 3 is 1.13 bits per heavy atom. The zero-order chi connectivity index (χ0) is 38.3. The number of carbonyl (C=O) groups excluding carboxylic acids is 1. The number of benzene rings is 1. The summed E-state index contributed by atoms with van der Waals surface area (Å²) in [6.07, 6.45) is 48.5. The van der Waals surface area contributed by atoms with Gasteiger partial charge in [-0.1, -0.05) is 206 Å². The smallest absolute Gasteiger partial charge is 0.243 e. The summed E-state index contributed by atoms with van der Waals surface area (Å²) in [5.74, 6) is 0.00851. The van der Waals surface area contributed by atoms with Gasteiger partial charge in [-0.2, -0.15) is 0 Å². The Morgan fingerprint density at radius 2 is 0.792 bits per heavy atom. The summed E-state index contributed by atoms with van der Waals surface area (Å²) < 4.78 is 0. The van der Waals surface area contributed by atoms with Gasteiger partial charge >= 0.3 is 0 Å². The third-order valence-corrected chi connectivity index (χ3v) is 11.2. The van der Waals surface area contributed by atoms with E-state index in [1.54, 1.807) is 6.08 Å². The predicted molar refractivity (Wildman–Crippen MR) is 238 cm³/mol. The fourth-order valence-electron chi connectivity index (χ4n) is 7.54. The van der Waals surface area contributed by atoms with Crippen molar-refractivity contribution in [1.29, 1.82) is 0 Å². The first-order valence-corrected chi connectivity index (χ1v) is 23.5. The molecule has 0 heterocycles. The molecule has 1 aromatic rings. The highest BCUT2D eigenvalue weighted by Crippen LogP contribution is 2.16. The lowest BCUT2D eigenvalue weighted by atomic mass is 10.0. The van der Waals surface area contributed by atoms with Crippen molar-refractivity contribution in [2.75, 3.05) is 45.2 Å². The van der Waals surface area contributed by atoms with Crippen molar-refractivity contribution < 1.29 is 4.79 Å². The van der Waals surface area contributed by atoms with Crippen LogP contribution in [0.25, 0.3) is 6.08 Å². The Morgan fingerprint density at radius 1 is 0.472 bits per heavy atom. The second-order valence-electron chi connectivity index (χ2n) is 16.6. The van der Waals surface area contributed by atoms with Gasteiger partial charge in [0.25, 0.3) is 0 Å².